The molecule has 1 aromatic rings. The first-order valence-corrected chi connectivity index (χ1v) is 7.70. The van der Waals surface area contributed by atoms with Gasteiger partial charge < -0.3 is 15.0 Å². The number of hydrogen-bond acceptors (Lipinski definition) is 3. The number of halogens is 3. The Morgan fingerprint density at radius 2 is 2.12 bits per heavy atom. The smallest absolute Gasteiger partial charge is 0.405 e. The summed E-state index contributed by atoms with van der Waals surface area (Å²) < 4.78 is 42.0. The fourth-order valence-corrected chi connectivity index (χ4v) is 2.64. The van der Waals surface area contributed by atoms with Crippen LogP contribution in [-0.2, 0) is 4.79 Å². The molecule has 0 bridgehead atoms. The Hall–Kier alpha value is -2.25. The first kappa shape index (κ1) is 18.1. The van der Waals surface area contributed by atoms with E-state index in [4.69, 9.17) is 4.74 Å². The van der Waals surface area contributed by atoms with Crippen molar-refractivity contribution in [2.75, 3.05) is 19.7 Å². The number of rotatable bonds is 5. The Kier molecular flexibility index (Phi) is 5.69. The van der Waals surface area contributed by atoms with E-state index in [2.05, 4.69) is 0 Å². The van der Waals surface area contributed by atoms with E-state index in [9.17, 15) is 22.8 Å². The molecule has 2 amide bonds. The van der Waals surface area contributed by atoms with Gasteiger partial charge >= 0.3 is 6.18 Å². The third kappa shape index (κ3) is 4.62. The number of benzene rings is 1. The molecular formula is C16H19F3N2O3. The summed E-state index contributed by atoms with van der Waals surface area (Å²) in [6.45, 7) is 1.20. The molecule has 0 spiro atoms. The second-order valence-electron chi connectivity index (χ2n) is 5.45. The van der Waals surface area contributed by atoms with Crippen molar-refractivity contribution in [1.82, 2.24) is 10.2 Å². The standard InChI is InChI=1S/C16H19F3N2O3/c1-2-24-12-6-3-5-11(9-12)15(23)21-8-4-7-13(21)14(22)20-10-16(17,18)19/h3,5-6,9,13H,2,4,7-8,10H2,1H3,(H,20,22)/t13-/m1/s1. The van der Waals surface area contributed by atoms with E-state index >= 15 is 0 Å². The minimum atomic E-state index is -4.48. The molecule has 0 radical (unpaired) electrons. The molecule has 1 aliphatic rings. The van der Waals surface area contributed by atoms with Crippen LogP contribution in [0.2, 0.25) is 0 Å². The molecule has 24 heavy (non-hydrogen) atoms. The highest BCUT2D eigenvalue weighted by Crippen LogP contribution is 2.23. The van der Waals surface area contributed by atoms with Gasteiger partial charge in [0.15, 0.2) is 0 Å². The van der Waals surface area contributed by atoms with Gasteiger partial charge in [-0.05, 0) is 38.0 Å². The molecule has 1 aliphatic heterocycles. The highest BCUT2D eigenvalue weighted by molar-refractivity contribution is 5.98. The number of amides is 2. The van der Waals surface area contributed by atoms with E-state index in [0.717, 1.165) is 0 Å². The first-order valence-electron chi connectivity index (χ1n) is 7.70. The largest absolute Gasteiger partial charge is 0.494 e. The van der Waals surface area contributed by atoms with Crippen LogP contribution in [0.5, 0.6) is 5.75 Å². The van der Waals surface area contributed by atoms with Crippen LogP contribution in [0.1, 0.15) is 30.1 Å². The summed E-state index contributed by atoms with van der Waals surface area (Å²) in [5.41, 5.74) is 0.344. The van der Waals surface area contributed by atoms with Crippen molar-refractivity contribution in [3.63, 3.8) is 0 Å². The Morgan fingerprint density at radius 1 is 1.38 bits per heavy atom. The van der Waals surface area contributed by atoms with Crippen LogP contribution < -0.4 is 10.1 Å². The number of carbonyl (C=O) groups excluding carboxylic acids is 2. The molecular weight excluding hydrogens is 325 g/mol. The summed E-state index contributed by atoms with van der Waals surface area (Å²) in [6, 6.07) is 5.64. The van der Waals surface area contributed by atoms with Gasteiger partial charge in [-0.3, -0.25) is 9.59 Å². The van der Waals surface area contributed by atoms with E-state index < -0.39 is 24.7 Å². The lowest BCUT2D eigenvalue weighted by molar-refractivity contribution is -0.140. The molecule has 1 heterocycles. The number of nitrogens with zero attached hydrogens (tertiary/aromatic N) is 1. The highest BCUT2D eigenvalue weighted by Gasteiger charge is 2.36. The van der Waals surface area contributed by atoms with Gasteiger partial charge in [-0.25, -0.2) is 0 Å². The average Bonchev–Trinajstić information content (AvgIpc) is 3.01. The van der Waals surface area contributed by atoms with Gasteiger partial charge in [-0.2, -0.15) is 13.2 Å². The van der Waals surface area contributed by atoms with E-state index in [0.29, 0.717) is 37.3 Å². The minimum Gasteiger partial charge on any atom is -0.494 e. The molecule has 0 aliphatic carbocycles. The maximum absolute atomic E-state index is 12.6. The first-order chi connectivity index (χ1) is 11.3. The monoisotopic (exact) mass is 344 g/mol. The number of nitrogens with one attached hydrogen (secondary N) is 1. The quantitative estimate of drug-likeness (QED) is 0.892. The molecule has 1 N–H and O–H groups in total. The maximum Gasteiger partial charge on any atom is 0.405 e. The van der Waals surface area contributed by atoms with E-state index in [1.165, 1.54) is 4.90 Å². The molecule has 1 atom stereocenters. The maximum atomic E-state index is 12.6. The van der Waals surface area contributed by atoms with Crippen LogP contribution in [0.4, 0.5) is 13.2 Å². The Bertz CT molecular complexity index is 604. The molecule has 5 nitrogen and oxygen atoms in total. The van der Waals surface area contributed by atoms with Gasteiger partial charge in [-0.15, -0.1) is 0 Å². The van der Waals surface area contributed by atoms with Gasteiger partial charge in [0, 0.05) is 12.1 Å². The van der Waals surface area contributed by atoms with E-state index in [1.54, 1.807) is 24.3 Å². The van der Waals surface area contributed by atoms with Crippen LogP contribution in [0.25, 0.3) is 0 Å². The Labute approximate surface area is 137 Å². The van der Waals surface area contributed by atoms with E-state index in [1.807, 2.05) is 12.2 Å². The summed E-state index contributed by atoms with van der Waals surface area (Å²) in [7, 11) is 0. The predicted molar refractivity (Wildman–Crippen MR) is 80.7 cm³/mol. The van der Waals surface area contributed by atoms with Crippen molar-refractivity contribution >= 4 is 11.8 Å². The zero-order chi connectivity index (χ0) is 17.7. The van der Waals surface area contributed by atoms with Crippen LogP contribution >= 0.6 is 0 Å². The predicted octanol–water partition coefficient (Wildman–Crippen LogP) is 2.37. The molecule has 0 unspecified atom stereocenters. The van der Waals surface area contributed by atoms with Gasteiger partial charge in [0.2, 0.25) is 5.91 Å². The summed E-state index contributed by atoms with van der Waals surface area (Å²) in [6.07, 6.45) is -3.56. The summed E-state index contributed by atoms with van der Waals surface area (Å²) in [5, 5.41) is 1.85. The van der Waals surface area contributed by atoms with Crippen molar-refractivity contribution in [2.45, 2.75) is 32.0 Å². The molecule has 1 fully saturated rings. The molecule has 0 saturated carbocycles. The van der Waals surface area contributed by atoms with Crippen molar-refractivity contribution in [3.8, 4) is 5.75 Å². The average molecular weight is 344 g/mol. The Morgan fingerprint density at radius 3 is 2.79 bits per heavy atom. The van der Waals surface area contributed by atoms with Crippen LogP contribution in [-0.4, -0.2) is 48.6 Å². The second kappa shape index (κ2) is 7.55. The molecule has 0 aromatic heterocycles. The van der Waals surface area contributed by atoms with Gasteiger partial charge in [0.25, 0.3) is 5.91 Å². The SMILES string of the molecule is CCOc1cccc(C(=O)N2CCC[C@@H]2C(=O)NCC(F)(F)F)c1. The lowest BCUT2D eigenvalue weighted by Gasteiger charge is -2.24. The highest BCUT2D eigenvalue weighted by atomic mass is 19.4. The van der Waals surface area contributed by atoms with Gasteiger partial charge in [-0.1, -0.05) is 6.07 Å². The van der Waals surface area contributed by atoms with Crippen molar-refractivity contribution in [3.05, 3.63) is 29.8 Å². The molecule has 132 valence electrons. The Balaban J connectivity index is 2.07. The summed E-state index contributed by atoms with van der Waals surface area (Å²) in [4.78, 5) is 25.9. The van der Waals surface area contributed by atoms with Gasteiger partial charge in [0.1, 0.15) is 18.3 Å². The normalized spacial score (nSPS) is 17.7. The lowest BCUT2D eigenvalue weighted by Crippen LogP contribution is -2.48. The van der Waals surface area contributed by atoms with Crippen LogP contribution in [0.3, 0.4) is 0 Å². The fraction of sp³-hybridized carbons (Fsp3) is 0.500. The summed E-state index contributed by atoms with van der Waals surface area (Å²) in [5.74, 6) is -0.638. The number of ether oxygens (including phenoxy) is 1. The van der Waals surface area contributed by atoms with E-state index in [-0.39, 0.29) is 5.91 Å². The number of alkyl halides is 3. The molecule has 1 aromatic carbocycles. The molecule has 8 heteroatoms. The minimum absolute atomic E-state index is 0.335. The van der Waals surface area contributed by atoms with Crippen molar-refractivity contribution in [1.29, 1.82) is 0 Å². The number of carbonyl (C=O) groups is 2. The molecule has 1 saturated heterocycles. The lowest BCUT2D eigenvalue weighted by atomic mass is 10.1. The third-order valence-electron chi connectivity index (χ3n) is 3.67. The van der Waals surface area contributed by atoms with Gasteiger partial charge in [0.05, 0.1) is 6.61 Å². The zero-order valence-corrected chi connectivity index (χ0v) is 13.2. The fourth-order valence-electron chi connectivity index (χ4n) is 2.64. The topological polar surface area (TPSA) is 58.6 Å². The van der Waals surface area contributed by atoms with Crippen molar-refractivity contribution in [2.24, 2.45) is 0 Å². The number of likely N-dealkylation sites (tertiary alicyclic amines) is 1. The third-order valence-corrected chi connectivity index (χ3v) is 3.67. The summed E-state index contributed by atoms with van der Waals surface area (Å²) >= 11 is 0. The number of hydrogen-bond donors (Lipinski definition) is 1. The zero-order valence-electron chi connectivity index (χ0n) is 13.2. The second-order valence-corrected chi connectivity index (χ2v) is 5.45. The van der Waals surface area contributed by atoms with Crippen molar-refractivity contribution < 1.29 is 27.5 Å². The molecule has 2 rings (SSSR count). The van der Waals surface area contributed by atoms with Crippen LogP contribution in [0, 0.1) is 0 Å². The van der Waals surface area contributed by atoms with Crippen LogP contribution in [0.15, 0.2) is 24.3 Å².